The Balaban J connectivity index is 1.64. The van der Waals surface area contributed by atoms with Crippen molar-refractivity contribution in [3.05, 3.63) is 64.6 Å². The molecule has 0 saturated heterocycles. The molecule has 0 radical (unpaired) electrons. The van der Waals surface area contributed by atoms with Gasteiger partial charge >= 0.3 is 0 Å². The van der Waals surface area contributed by atoms with Crippen LogP contribution in [0.2, 0.25) is 0 Å². The molecule has 5 nitrogen and oxygen atoms in total. The third-order valence-corrected chi connectivity index (χ3v) is 5.13. The van der Waals surface area contributed by atoms with Crippen LogP contribution in [0.5, 0.6) is 0 Å². The van der Waals surface area contributed by atoms with Crippen molar-refractivity contribution in [2.45, 2.75) is 5.75 Å². The summed E-state index contributed by atoms with van der Waals surface area (Å²) in [5.41, 5.74) is 1.76. The number of nitrogens with zero attached hydrogens (tertiary/aromatic N) is 2. The Morgan fingerprint density at radius 1 is 1.17 bits per heavy atom. The van der Waals surface area contributed by atoms with E-state index >= 15 is 0 Å². The maximum absolute atomic E-state index is 12.1. The van der Waals surface area contributed by atoms with Gasteiger partial charge < -0.3 is 4.52 Å². The average Bonchev–Trinajstić information content (AvgIpc) is 3.18. The van der Waals surface area contributed by atoms with Crippen LogP contribution in [0.1, 0.15) is 11.4 Å². The van der Waals surface area contributed by atoms with Gasteiger partial charge in [-0.05, 0) is 17.0 Å². The van der Waals surface area contributed by atoms with Crippen LogP contribution >= 0.6 is 11.3 Å². The van der Waals surface area contributed by atoms with Crippen LogP contribution in [0.15, 0.2) is 57.8 Å². The van der Waals surface area contributed by atoms with Crippen molar-refractivity contribution in [3.63, 3.8) is 0 Å². The molecule has 0 spiro atoms. The fourth-order valence-corrected chi connectivity index (χ4v) is 3.61. The molecule has 0 amide bonds. The normalized spacial score (nSPS) is 12.0. The highest BCUT2D eigenvalue weighted by Crippen LogP contribution is 2.20. The molecule has 0 saturated carbocycles. The summed E-state index contributed by atoms with van der Waals surface area (Å²) in [6, 6.07) is 11.4. The van der Waals surface area contributed by atoms with Crippen molar-refractivity contribution in [2.75, 3.05) is 5.75 Å². The van der Waals surface area contributed by atoms with Gasteiger partial charge in [0.05, 0.1) is 11.3 Å². The van der Waals surface area contributed by atoms with Crippen molar-refractivity contribution in [1.82, 2.24) is 10.1 Å². The lowest BCUT2D eigenvalue weighted by Gasteiger charge is -1.96. The number of hydrogen-bond donors (Lipinski definition) is 0. The van der Waals surface area contributed by atoms with Gasteiger partial charge in [0.25, 0.3) is 5.89 Å². The Hall–Kier alpha value is -2.25. The molecule has 23 heavy (non-hydrogen) atoms. The van der Waals surface area contributed by atoms with E-state index in [-0.39, 0.29) is 17.3 Å². The van der Waals surface area contributed by atoms with Gasteiger partial charge in [0.2, 0.25) is 0 Å². The molecule has 0 aliphatic heterocycles. The van der Waals surface area contributed by atoms with Gasteiger partial charge in [-0.1, -0.05) is 47.6 Å². The second-order valence-electron chi connectivity index (χ2n) is 4.90. The van der Waals surface area contributed by atoms with E-state index < -0.39 is 9.84 Å². The predicted octanol–water partition coefficient (Wildman–Crippen LogP) is 3.43. The molecule has 3 aromatic rings. The van der Waals surface area contributed by atoms with E-state index in [1.165, 1.54) is 11.3 Å². The summed E-state index contributed by atoms with van der Waals surface area (Å²) in [6.07, 6.45) is 3.41. The molecular formula is C16H14N2O3S2. The van der Waals surface area contributed by atoms with E-state index in [1.807, 2.05) is 47.2 Å². The first-order valence-electron chi connectivity index (χ1n) is 6.89. The number of aromatic nitrogens is 2. The van der Waals surface area contributed by atoms with Crippen LogP contribution in [-0.2, 0) is 15.6 Å². The molecule has 0 aliphatic rings. The minimum Gasteiger partial charge on any atom is -0.334 e. The summed E-state index contributed by atoms with van der Waals surface area (Å²) in [6.45, 7) is 0. The largest absolute Gasteiger partial charge is 0.334 e. The highest BCUT2D eigenvalue weighted by atomic mass is 32.2. The fourth-order valence-electron chi connectivity index (χ4n) is 1.97. The second kappa shape index (κ2) is 6.89. The van der Waals surface area contributed by atoms with Crippen LogP contribution < -0.4 is 0 Å². The summed E-state index contributed by atoms with van der Waals surface area (Å²) >= 11 is 1.51. The monoisotopic (exact) mass is 346 g/mol. The maximum atomic E-state index is 12.1. The van der Waals surface area contributed by atoms with Crippen LogP contribution in [0, 0.1) is 0 Å². The zero-order valence-corrected chi connectivity index (χ0v) is 13.8. The Bertz CT molecular complexity index is 883. The lowest BCUT2D eigenvalue weighted by atomic mass is 10.2. The molecule has 2 heterocycles. The quantitative estimate of drug-likeness (QED) is 0.684. The Morgan fingerprint density at radius 2 is 2.00 bits per heavy atom. The zero-order chi connectivity index (χ0) is 16.1. The summed E-state index contributed by atoms with van der Waals surface area (Å²) in [7, 11) is -3.33. The molecule has 3 rings (SSSR count). The molecule has 0 fully saturated rings. The van der Waals surface area contributed by atoms with E-state index in [1.54, 1.807) is 12.2 Å². The Kier molecular flexibility index (Phi) is 4.68. The molecule has 0 bridgehead atoms. The molecule has 0 aliphatic carbocycles. The Labute approximate surface area is 138 Å². The highest BCUT2D eigenvalue weighted by Gasteiger charge is 2.16. The average molecular weight is 346 g/mol. The molecule has 0 N–H and O–H groups in total. The molecule has 0 unspecified atom stereocenters. The lowest BCUT2D eigenvalue weighted by molar-refractivity contribution is 0.424. The van der Waals surface area contributed by atoms with Gasteiger partial charge in [-0.15, -0.1) is 0 Å². The van der Waals surface area contributed by atoms with Gasteiger partial charge in [-0.3, -0.25) is 0 Å². The van der Waals surface area contributed by atoms with Crippen molar-refractivity contribution >= 4 is 27.3 Å². The first-order chi connectivity index (χ1) is 11.1. The number of hydrogen-bond acceptors (Lipinski definition) is 6. The third-order valence-electron chi connectivity index (χ3n) is 3.05. The van der Waals surface area contributed by atoms with Crippen LogP contribution in [0.4, 0.5) is 0 Å². The third kappa shape index (κ3) is 4.37. The summed E-state index contributed by atoms with van der Waals surface area (Å²) in [5.74, 6) is 0.222. The molecule has 7 heteroatoms. The van der Waals surface area contributed by atoms with Crippen molar-refractivity contribution in [3.8, 4) is 11.5 Å². The van der Waals surface area contributed by atoms with Gasteiger partial charge in [-0.2, -0.15) is 16.3 Å². The number of sulfone groups is 1. The SMILES string of the molecule is O=S(=O)(CC=Cc1ccccc1)Cc1noc(-c2ccsc2)n1. The van der Waals surface area contributed by atoms with E-state index in [9.17, 15) is 8.42 Å². The second-order valence-corrected chi connectivity index (χ2v) is 7.78. The lowest BCUT2D eigenvalue weighted by Crippen LogP contribution is -2.08. The van der Waals surface area contributed by atoms with Gasteiger partial charge in [0.1, 0.15) is 5.75 Å². The van der Waals surface area contributed by atoms with Crippen molar-refractivity contribution in [1.29, 1.82) is 0 Å². The minimum absolute atomic E-state index is 0.0653. The van der Waals surface area contributed by atoms with Crippen LogP contribution in [-0.4, -0.2) is 24.3 Å². The van der Waals surface area contributed by atoms with E-state index in [2.05, 4.69) is 10.1 Å². The fraction of sp³-hybridized carbons (Fsp3) is 0.125. The van der Waals surface area contributed by atoms with Gasteiger partial charge in [-0.25, -0.2) is 8.42 Å². The van der Waals surface area contributed by atoms with Gasteiger partial charge in [0, 0.05) is 5.38 Å². The highest BCUT2D eigenvalue weighted by molar-refractivity contribution is 7.90. The van der Waals surface area contributed by atoms with Gasteiger partial charge in [0.15, 0.2) is 15.7 Å². The number of benzene rings is 1. The predicted molar refractivity (Wildman–Crippen MR) is 90.6 cm³/mol. The van der Waals surface area contributed by atoms with Crippen LogP contribution in [0.25, 0.3) is 17.5 Å². The zero-order valence-electron chi connectivity index (χ0n) is 12.1. The molecule has 1 aromatic carbocycles. The van der Waals surface area contributed by atoms with E-state index in [0.29, 0.717) is 5.89 Å². The first kappa shape index (κ1) is 15.6. The molecule has 2 aromatic heterocycles. The molecule has 118 valence electrons. The van der Waals surface area contributed by atoms with E-state index in [4.69, 9.17) is 4.52 Å². The number of rotatable bonds is 6. The molecule has 0 atom stereocenters. The maximum Gasteiger partial charge on any atom is 0.258 e. The number of thiophene rings is 1. The minimum atomic E-state index is -3.33. The first-order valence-corrected chi connectivity index (χ1v) is 9.66. The smallest absolute Gasteiger partial charge is 0.258 e. The van der Waals surface area contributed by atoms with Crippen molar-refractivity contribution in [2.24, 2.45) is 0 Å². The van der Waals surface area contributed by atoms with E-state index in [0.717, 1.165) is 11.1 Å². The summed E-state index contributed by atoms with van der Waals surface area (Å²) in [5, 5.41) is 7.50. The van der Waals surface area contributed by atoms with Crippen LogP contribution in [0.3, 0.4) is 0 Å². The standard InChI is InChI=1S/C16H14N2O3S2/c19-23(20,10-4-7-13-5-2-1-3-6-13)12-15-17-16(21-18-15)14-8-9-22-11-14/h1-9,11H,10,12H2. The topological polar surface area (TPSA) is 73.1 Å². The molecular weight excluding hydrogens is 332 g/mol. The Morgan fingerprint density at radius 3 is 2.74 bits per heavy atom. The summed E-state index contributed by atoms with van der Waals surface area (Å²) < 4.78 is 29.3. The summed E-state index contributed by atoms with van der Waals surface area (Å²) in [4.78, 5) is 4.13. The van der Waals surface area contributed by atoms with Crippen molar-refractivity contribution < 1.29 is 12.9 Å².